The second kappa shape index (κ2) is 7.88. The maximum atomic E-state index is 10.6. The molecular formula is C21H24N4O2. The third kappa shape index (κ3) is 3.85. The summed E-state index contributed by atoms with van der Waals surface area (Å²) in [6.45, 7) is 0. The predicted octanol–water partition coefficient (Wildman–Crippen LogP) is 3.42. The minimum atomic E-state index is -0.380. The van der Waals surface area contributed by atoms with Crippen LogP contribution in [0.3, 0.4) is 0 Å². The summed E-state index contributed by atoms with van der Waals surface area (Å²) in [6.07, 6.45) is 7.65. The lowest BCUT2D eigenvalue weighted by Crippen LogP contribution is -2.29. The van der Waals surface area contributed by atoms with E-state index in [9.17, 15) is 5.11 Å². The van der Waals surface area contributed by atoms with E-state index in [2.05, 4.69) is 11.1 Å². The van der Waals surface area contributed by atoms with E-state index in [1.54, 1.807) is 19.5 Å². The fourth-order valence-corrected chi connectivity index (χ4v) is 3.71. The van der Waals surface area contributed by atoms with Crippen LogP contribution in [-0.2, 0) is 6.42 Å². The van der Waals surface area contributed by atoms with Gasteiger partial charge in [0.05, 0.1) is 19.3 Å². The molecule has 1 aromatic carbocycles. The van der Waals surface area contributed by atoms with E-state index in [4.69, 9.17) is 14.8 Å². The fraction of sp³-hybridized carbons (Fsp3) is 0.381. The van der Waals surface area contributed by atoms with Crippen molar-refractivity contribution >= 4 is 0 Å². The van der Waals surface area contributed by atoms with Crippen LogP contribution in [-0.4, -0.2) is 38.1 Å². The van der Waals surface area contributed by atoms with Crippen molar-refractivity contribution in [2.45, 2.75) is 44.2 Å². The summed E-state index contributed by atoms with van der Waals surface area (Å²) in [6, 6.07) is 11.8. The Hall–Kier alpha value is -2.73. The van der Waals surface area contributed by atoms with Gasteiger partial charge in [0.15, 0.2) is 5.82 Å². The first-order valence-corrected chi connectivity index (χ1v) is 9.41. The summed E-state index contributed by atoms with van der Waals surface area (Å²) in [5.74, 6) is 2.36. The first kappa shape index (κ1) is 17.7. The van der Waals surface area contributed by atoms with Gasteiger partial charge in [-0.05, 0) is 42.7 Å². The monoisotopic (exact) mass is 364 g/mol. The van der Waals surface area contributed by atoms with Crippen molar-refractivity contribution in [1.82, 2.24) is 19.7 Å². The Bertz CT molecular complexity index is 894. The Labute approximate surface area is 158 Å². The molecule has 0 aliphatic heterocycles. The number of hydrogen-bond acceptors (Lipinski definition) is 5. The molecule has 4 rings (SSSR count). The third-order valence-electron chi connectivity index (χ3n) is 5.14. The van der Waals surface area contributed by atoms with E-state index in [-0.39, 0.29) is 12.1 Å². The molecular weight excluding hydrogens is 340 g/mol. The number of benzene rings is 1. The van der Waals surface area contributed by atoms with Gasteiger partial charge in [-0.15, -0.1) is 0 Å². The topological polar surface area (TPSA) is 73.1 Å². The molecule has 0 amide bonds. The van der Waals surface area contributed by atoms with E-state index in [1.807, 2.05) is 35.0 Å². The first-order chi connectivity index (χ1) is 13.2. The molecule has 0 radical (unpaired) electrons. The molecule has 2 atom stereocenters. The molecule has 1 aliphatic rings. The average Bonchev–Trinajstić information content (AvgIpc) is 3.12. The zero-order valence-corrected chi connectivity index (χ0v) is 15.5. The molecule has 2 heterocycles. The van der Waals surface area contributed by atoms with Gasteiger partial charge in [-0.2, -0.15) is 5.10 Å². The van der Waals surface area contributed by atoms with Crippen LogP contribution in [0.5, 0.6) is 5.75 Å². The molecule has 0 bridgehead atoms. The number of aliphatic hydroxyl groups is 1. The van der Waals surface area contributed by atoms with E-state index in [1.165, 1.54) is 0 Å². The lowest BCUT2D eigenvalue weighted by Gasteiger charge is -2.28. The van der Waals surface area contributed by atoms with Gasteiger partial charge >= 0.3 is 0 Å². The van der Waals surface area contributed by atoms with Gasteiger partial charge in [0, 0.05) is 24.4 Å². The molecule has 6 heteroatoms. The van der Waals surface area contributed by atoms with Crippen molar-refractivity contribution in [2.75, 3.05) is 7.11 Å². The van der Waals surface area contributed by atoms with Crippen molar-refractivity contribution in [1.29, 1.82) is 0 Å². The quantitative estimate of drug-likeness (QED) is 0.751. The van der Waals surface area contributed by atoms with E-state index >= 15 is 0 Å². The average molecular weight is 364 g/mol. The summed E-state index contributed by atoms with van der Waals surface area (Å²) in [5, 5.41) is 15.3. The fourth-order valence-electron chi connectivity index (χ4n) is 3.71. The number of pyridine rings is 1. The minimum absolute atomic E-state index is 0.0255. The Morgan fingerprint density at radius 2 is 1.96 bits per heavy atom. The van der Waals surface area contributed by atoms with Gasteiger partial charge in [0.2, 0.25) is 0 Å². The largest absolute Gasteiger partial charge is 0.497 e. The molecule has 1 aliphatic carbocycles. The highest BCUT2D eigenvalue weighted by Crippen LogP contribution is 2.31. The maximum Gasteiger partial charge on any atom is 0.181 e. The molecule has 3 aromatic rings. The molecule has 1 N–H and O–H groups in total. The first-order valence-electron chi connectivity index (χ1n) is 9.41. The van der Waals surface area contributed by atoms with Gasteiger partial charge in [-0.25, -0.2) is 9.67 Å². The van der Waals surface area contributed by atoms with Crippen LogP contribution in [0.1, 0.15) is 43.1 Å². The van der Waals surface area contributed by atoms with Crippen LogP contribution in [0.4, 0.5) is 0 Å². The van der Waals surface area contributed by atoms with Crippen LogP contribution >= 0.6 is 0 Å². The molecule has 2 aromatic heterocycles. The molecule has 0 spiro atoms. The van der Waals surface area contributed by atoms with Crippen molar-refractivity contribution in [2.24, 2.45) is 0 Å². The van der Waals surface area contributed by atoms with Gasteiger partial charge < -0.3 is 9.84 Å². The molecule has 27 heavy (non-hydrogen) atoms. The number of hydrogen-bond donors (Lipinski definition) is 1. The highest BCUT2D eigenvalue weighted by molar-refractivity contribution is 5.53. The van der Waals surface area contributed by atoms with Crippen LogP contribution in [0.25, 0.3) is 11.4 Å². The predicted molar refractivity (Wildman–Crippen MR) is 103 cm³/mol. The number of aromatic nitrogens is 4. The second-order valence-electron chi connectivity index (χ2n) is 6.98. The molecule has 1 saturated carbocycles. The zero-order chi connectivity index (χ0) is 18.6. The van der Waals surface area contributed by atoms with Gasteiger partial charge in [0.25, 0.3) is 0 Å². The van der Waals surface area contributed by atoms with Crippen LogP contribution in [0, 0.1) is 0 Å². The van der Waals surface area contributed by atoms with Crippen LogP contribution < -0.4 is 4.74 Å². The summed E-state index contributed by atoms with van der Waals surface area (Å²) >= 11 is 0. The minimum Gasteiger partial charge on any atom is -0.497 e. The van der Waals surface area contributed by atoms with Gasteiger partial charge in [0.1, 0.15) is 11.6 Å². The van der Waals surface area contributed by atoms with E-state index < -0.39 is 0 Å². The van der Waals surface area contributed by atoms with E-state index in [0.717, 1.165) is 48.4 Å². The highest BCUT2D eigenvalue weighted by Gasteiger charge is 2.28. The van der Waals surface area contributed by atoms with Crippen molar-refractivity contribution in [3.63, 3.8) is 0 Å². The van der Waals surface area contributed by atoms with Crippen LogP contribution in [0.2, 0.25) is 0 Å². The molecule has 6 nitrogen and oxygen atoms in total. The lowest BCUT2D eigenvalue weighted by atomic mass is 9.92. The summed E-state index contributed by atoms with van der Waals surface area (Å²) in [5.41, 5.74) is 2.04. The number of nitrogens with zero attached hydrogens (tertiary/aromatic N) is 4. The smallest absolute Gasteiger partial charge is 0.181 e. The SMILES string of the molecule is COc1cccc(Cc2nc(-c3ccncc3)nn2[C@@H]2CCCC[C@H]2O)c1. The Morgan fingerprint density at radius 3 is 2.74 bits per heavy atom. The normalized spacial score (nSPS) is 19.8. The molecule has 0 unspecified atom stereocenters. The van der Waals surface area contributed by atoms with Crippen LogP contribution in [0.15, 0.2) is 48.8 Å². The number of rotatable bonds is 5. The zero-order valence-electron chi connectivity index (χ0n) is 15.5. The van der Waals surface area contributed by atoms with Gasteiger partial charge in [-0.1, -0.05) is 25.0 Å². The van der Waals surface area contributed by atoms with Crippen molar-refractivity contribution in [3.8, 4) is 17.1 Å². The Morgan fingerprint density at radius 1 is 1.15 bits per heavy atom. The highest BCUT2D eigenvalue weighted by atomic mass is 16.5. The molecule has 0 saturated heterocycles. The summed E-state index contributed by atoms with van der Waals surface area (Å²) < 4.78 is 7.28. The van der Waals surface area contributed by atoms with Crippen molar-refractivity contribution < 1.29 is 9.84 Å². The lowest BCUT2D eigenvalue weighted by molar-refractivity contribution is 0.0679. The molecule has 140 valence electrons. The van der Waals surface area contributed by atoms with Gasteiger partial charge in [-0.3, -0.25) is 4.98 Å². The number of methoxy groups -OCH3 is 1. The number of aliphatic hydroxyl groups excluding tert-OH is 1. The van der Waals surface area contributed by atoms with E-state index in [0.29, 0.717) is 12.2 Å². The second-order valence-corrected chi connectivity index (χ2v) is 6.98. The third-order valence-corrected chi connectivity index (χ3v) is 5.14. The standard InChI is InChI=1S/C21H24N4O2/c1-27-17-6-4-5-15(13-17)14-20-23-21(16-9-11-22-12-10-16)24-25(20)18-7-2-3-8-19(18)26/h4-6,9-13,18-19,26H,2-3,7-8,14H2,1H3/t18-,19-/m1/s1. The van der Waals surface area contributed by atoms with Crippen molar-refractivity contribution in [3.05, 3.63) is 60.2 Å². The maximum absolute atomic E-state index is 10.6. The number of ether oxygens (including phenoxy) is 1. The molecule has 1 fully saturated rings. The summed E-state index contributed by atoms with van der Waals surface area (Å²) in [4.78, 5) is 8.89. The Balaban J connectivity index is 1.72. The summed E-state index contributed by atoms with van der Waals surface area (Å²) in [7, 11) is 1.67. The Kier molecular flexibility index (Phi) is 5.16.